The summed E-state index contributed by atoms with van der Waals surface area (Å²) in [5.74, 6) is 1.93. The van der Waals surface area contributed by atoms with Crippen molar-refractivity contribution in [2.24, 2.45) is 0 Å². The van der Waals surface area contributed by atoms with Crippen molar-refractivity contribution in [3.8, 4) is 12.3 Å². The number of carbonyl (C=O) groups excluding carboxylic acids is 1. The summed E-state index contributed by atoms with van der Waals surface area (Å²) in [6.45, 7) is 3.89. The SMILES string of the molecule is C#CCOC(=O)CCCP(=O)(CC)CC. The second-order valence-electron chi connectivity index (χ2n) is 3.38. The maximum atomic E-state index is 12.0. The summed E-state index contributed by atoms with van der Waals surface area (Å²) in [6.07, 6.45) is 7.94. The maximum Gasteiger partial charge on any atom is 0.306 e. The van der Waals surface area contributed by atoms with Crippen molar-refractivity contribution < 1.29 is 14.1 Å². The first kappa shape index (κ1) is 14.3. The summed E-state index contributed by atoms with van der Waals surface area (Å²) in [4.78, 5) is 11.1. The summed E-state index contributed by atoms with van der Waals surface area (Å²) >= 11 is 0. The van der Waals surface area contributed by atoms with Crippen LogP contribution in [0.3, 0.4) is 0 Å². The van der Waals surface area contributed by atoms with Crippen molar-refractivity contribution in [2.45, 2.75) is 26.7 Å². The molecule has 0 heterocycles. The zero-order valence-corrected chi connectivity index (χ0v) is 10.4. The highest BCUT2D eigenvalue weighted by molar-refractivity contribution is 7.63. The van der Waals surface area contributed by atoms with Gasteiger partial charge in [0.2, 0.25) is 0 Å². The highest BCUT2D eigenvalue weighted by atomic mass is 31.2. The molecular weight excluding hydrogens is 211 g/mol. The molecule has 3 nitrogen and oxygen atoms in total. The van der Waals surface area contributed by atoms with Gasteiger partial charge in [0.1, 0.15) is 0 Å². The molecule has 15 heavy (non-hydrogen) atoms. The number of carbonyl (C=O) groups is 1. The molecule has 0 aliphatic carbocycles. The summed E-state index contributed by atoms with van der Waals surface area (Å²) in [5, 5.41) is 0. The van der Waals surface area contributed by atoms with E-state index in [9.17, 15) is 9.36 Å². The smallest absolute Gasteiger partial charge is 0.306 e. The molecule has 0 saturated heterocycles. The van der Waals surface area contributed by atoms with Gasteiger partial charge in [-0.1, -0.05) is 19.8 Å². The van der Waals surface area contributed by atoms with E-state index in [-0.39, 0.29) is 12.6 Å². The van der Waals surface area contributed by atoms with E-state index in [2.05, 4.69) is 5.92 Å². The molecular formula is C11H19O3P. The minimum absolute atomic E-state index is 0.0258. The number of hydrogen-bond acceptors (Lipinski definition) is 3. The van der Waals surface area contributed by atoms with Crippen LogP contribution in [0.4, 0.5) is 0 Å². The van der Waals surface area contributed by atoms with Crippen LogP contribution >= 0.6 is 7.14 Å². The number of terminal acetylenes is 1. The van der Waals surface area contributed by atoms with Crippen molar-refractivity contribution in [2.75, 3.05) is 25.1 Å². The fourth-order valence-corrected chi connectivity index (χ4v) is 3.06. The Labute approximate surface area is 92.0 Å². The van der Waals surface area contributed by atoms with Crippen LogP contribution in [0.1, 0.15) is 26.7 Å². The molecule has 0 unspecified atom stereocenters. The van der Waals surface area contributed by atoms with Crippen molar-refractivity contribution in [3.05, 3.63) is 0 Å². The molecule has 0 aromatic carbocycles. The van der Waals surface area contributed by atoms with Crippen molar-refractivity contribution in [1.82, 2.24) is 0 Å². The van der Waals surface area contributed by atoms with Gasteiger partial charge in [-0.25, -0.2) is 0 Å². The van der Waals surface area contributed by atoms with Gasteiger partial charge < -0.3 is 9.30 Å². The minimum Gasteiger partial charge on any atom is -0.452 e. The Morgan fingerprint density at radius 1 is 1.40 bits per heavy atom. The lowest BCUT2D eigenvalue weighted by Gasteiger charge is -2.12. The van der Waals surface area contributed by atoms with Gasteiger partial charge in [-0.2, -0.15) is 0 Å². The van der Waals surface area contributed by atoms with E-state index in [1.165, 1.54) is 0 Å². The van der Waals surface area contributed by atoms with E-state index in [0.29, 0.717) is 31.3 Å². The largest absolute Gasteiger partial charge is 0.452 e. The van der Waals surface area contributed by atoms with Crippen LogP contribution in [0.5, 0.6) is 0 Å². The Kier molecular flexibility index (Phi) is 7.17. The molecule has 0 radical (unpaired) electrons. The molecule has 0 amide bonds. The molecule has 0 fully saturated rings. The molecule has 0 spiro atoms. The van der Waals surface area contributed by atoms with Crippen LogP contribution in [0.15, 0.2) is 0 Å². The van der Waals surface area contributed by atoms with E-state index < -0.39 is 7.14 Å². The van der Waals surface area contributed by atoms with Crippen LogP contribution in [-0.2, 0) is 14.1 Å². The van der Waals surface area contributed by atoms with Crippen molar-refractivity contribution >= 4 is 13.1 Å². The van der Waals surface area contributed by atoms with E-state index in [4.69, 9.17) is 11.2 Å². The maximum absolute atomic E-state index is 12.0. The zero-order chi connectivity index (χ0) is 11.7. The summed E-state index contributed by atoms with van der Waals surface area (Å²) < 4.78 is 16.7. The second-order valence-corrected chi connectivity index (χ2v) is 7.21. The van der Waals surface area contributed by atoms with Gasteiger partial charge in [0.15, 0.2) is 6.61 Å². The van der Waals surface area contributed by atoms with E-state index in [1.54, 1.807) is 0 Å². The van der Waals surface area contributed by atoms with Gasteiger partial charge in [0.25, 0.3) is 0 Å². The molecule has 0 aliphatic heterocycles. The predicted molar refractivity (Wildman–Crippen MR) is 62.6 cm³/mol. The molecule has 4 heteroatoms. The predicted octanol–water partition coefficient (Wildman–Crippen LogP) is 2.35. The lowest BCUT2D eigenvalue weighted by Crippen LogP contribution is -2.06. The molecule has 0 aliphatic rings. The number of rotatable bonds is 7. The monoisotopic (exact) mass is 230 g/mol. The van der Waals surface area contributed by atoms with Gasteiger partial charge >= 0.3 is 5.97 Å². The van der Waals surface area contributed by atoms with Crippen LogP contribution in [0.2, 0.25) is 0 Å². The van der Waals surface area contributed by atoms with E-state index >= 15 is 0 Å². The Morgan fingerprint density at radius 2 is 2.00 bits per heavy atom. The molecule has 86 valence electrons. The van der Waals surface area contributed by atoms with Crippen LogP contribution in [0.25, 0.3) is 0 Å². The third-order valence-corrected chi connectivity index (χ3v) is 5.85. The molecule has 0 aromatic rings. The lowest BCUT2D eigenvalue weighted by atomic mass is 10.3. The first-order valence-corrected chi connectivity index (χ1v) is 7.50. The molecule has 0 rings (SSSR count). The molecule has 0 N–H and O–H groups in total. The highest BCUT2D eigenvalue weighted by Crippen LogP contribution is 2.45. The summed E-state index contributed by atoms with van der Waals surface area (Å²) in [6, 6.07) is 0. The Hall–Kier alpha value is -0.740. The van der Waals surface area contributed by atoms with Gasteiger partial charge in [-0.05, 0) is 18.7 Å². The van der Waals surface area contributed by atoms with E-state index in [0.717, 1.165) is 0 Å². The van der Waals surface area contributed by atoms with Crippen LogP contribution in [-0.4, -0.2) is 31.1 Å². The number of ether oxygens (including phenoxy) is 1. The Balaban J connectivity index is 3.75. The number of hydrogen-bond donors (Lipinski definition) is 0. The Morgan fingerprint density at radius 3 is 2.47 bits per heavy atom. The normalized spacial score (nSPS) is 10.7. The highest BCUT2D eigenvalue weighted by Gasteiger charge is 2.16. The molecule has 0 bridgehead atoms. The topological polar surface area (TPSA) is 43.4 Å². The fraction of sp³-hybridized carbons (Fsp3) is 0.727. The summed E-state index contributed by atoms with van der Waals surface area (Å²) in [7, 11) is -2.01. The van der Waals surface area contributed by atoms with Crippen LogP contribution in [0, 0.1) is 12.3 Å². The van der Waals surface area contributed by atoms with Crippen molar-refractivity contribution in [3.63, 3.8) is 0 Å². The molecule has 0 saturated carbocycles. The fourth-order valence-electron chi connectivity index (χ4n) is 1.25. The second kappa shape index (κ2) is 7.54. The average Bonchev–Trinajstić information content (AvgIpc) is 2.26. The first-order valence-electron chi connectivity index (χ1n) is 5.24. The standard InChI is InChI=1S/C11H19O3P/c1-4-9-14-11(12)8-7-10-15(13,5-2)6-3/h1H,5-10H2,2-3H3. The Bertz CT molecular complexity index is 270. The van der Waals surface area contributed by atoms with Gasteiger partial charge in [0, 0.05) is 12.6 Å². The minimum atomic E-state index is -2.01. The molecule has 0 atom stereocenters. The number of esters is 1. The first-order chi connectivity index (χ1) is 7.08. The summed E-state index contributed by atoms with van der Waals surface area (Å²) in [5.41, 5.74) is 0. The third-order valence-electron chi connectivity index (χ3n) is 2.42. The van der Waals surface area contributed by atoms with Gasteiger partial charge in [-0.3, -0.25) is 4.79 Å². The van der Waals surface area contributed by atoms with Gasteiger partial charge in [-0.15, -0.1) is 6.42 Å². The molecule has 0 aromatic heterocycles. The van der Waals surface area contributed by atoms with Gasteiger partial charge in [0.05, 0.1) is 7.14 Å². The zero-order valence-electron chi connectivity index (χ0n) is 9.49. The van der Waals surface area contributed by atoms with Crippen LogP contribution < -0.4 is 0 Å². The lowest BCUT2D eigenvalue weighted by molar-refractivity contribution is -0.142. The van der Waals surface area contributed by atoms with E-state index in [1.807, 2.05) is 13.8 Å². The average molecular weight is 230 g/mol. The third kappa shape index (κ3) is 6.36. The quantitative estimate of drug-likeness (QED) is 0.383. The van der Waals surface area contributed by atoms with Crippen molar-refractivity contribution in [1.29, 1.82) is 0 Å².